The number of amides is 3. The van der Waals surface area contributed by atoms with Crippen LogP contribution in [0.5, 0.6) is 0 Å². The van der Waals surface area contributed by atoms with Gasteiger partial charge in [0.2, 0.25) is 5.91 Å². The first-order valence-corrected chi connectivity index (χ1v) is 13.0. The lowest BCUT2D eigenvalue weighted by molar-refractivity contribution is -0.114. The van der Waals surface area contributed by atoms with Gasteiger partial charge in [0, 0.05) is 42.7 Å². The number of rotatable bonds is 4. The fourth-order valence-corrected chi connectivity index (χ4v) is 5.76. The fraction of sp³-hybridized carbons (Fsp3) is 0.407. The van der Waals surface area contributed by atoms with Gasteiger partial charge in [-0.1, -0.05) is 25.2 Å². The van der Waals surface area contributed by atoms with Crippen LogP contribution in [0.15, 0.2) is 63.5 Å². The highest BCUT2D eigenvalue weighted by Crippen LogP contribution is 2.44. The summed E-state index contributed by atoms with van der Waals surface area (Å²) < 4.78 is 5.34. The Morgan fingerprint density at radius 1 is 1.23 bits per heavy atom. The van der Waals surface area contributed by atoms with E-state index in [-0.39, 0.29) is 11.9 Å². The SMILES string of the molecule is CC12C=CC=C(C(N)=O)C1N=C(C1C=NNC3=NC=C(c4cncc(NC(=O)N5CCOCC5)c4)CC31C)N2. The van der Waals surface area contributed by atoms with Crippen molar-refractivity contribution < 1.29 is 14.3 Å². The highest BCUT2D eigenvalue weighted by Gasteiger charge is 2.51. The number of nitrogens with two attached hydrogens (primary N) is 1. The number of nitrogens with zero attached hydrogens (tertiary/aromatic N) is 5. The number of amidine groups is 2. The van der Waals surface area contributed by atoms with Crippen molar-refractivity contribution in [3.8, 4) is 0 Å². The topological polar surface area (TPSA) is 159 Å². The monoisotopic (exact) mass is 529 g/mol. The zero-order valence-electron chi connectivity index (χ0n) is 21.8. The Labute approximate surface area is 225 Å². The summed E-state index contributed by atoms with van der Waals surface area (Å²) in [5.41, 5.74) is 10.6. The molecule has 5 heterocycles. The Morgan fingerprint density at radius 2 is 2.05 bits per heavy atom. The van der Waals surface area contributed by atoms with E-state index in [0.29, 0.717) is 44.0 Å². The number of anilines is 1. The number of allylic oxidation sites excluding steroid dienone is 3. The van der Waals surface area contributed by atoms with Gasteiger partial charge in [0.15, 0.2) is 0 Å². The van der Waals surface area contributed by atoms with E-state index in [1.807, 2.05) is 37.6 Å². The highest BCUT2D eigenvalue weighted by atomic mass is 16.5. The molecule has 1 fully saturated rings. The number of primary amides is 1. The maximum atomic E-state index is 12.7. The quantitative estimate of drug-likeness (QED) is 0.462. The Balaban J connectivity index is 1.25. The second-order valence-corrected chi connectivity index (χ2v) is 10.8. The van der Waals surface area contributed by atoms with E-state index in [1.165, 1.54) is 0 Å². The van der Waals surface area contributed by atoms with Crippen molar-refractivity contribution >= 4 is 41.1 Å². The number of hydrazone groups is 1. The average molecular weight is 530 g/mol. The summed E-state index contributed by atoms with van der Waals surface area (Å²) in [6.45, 7) is 6.30. The van der Waals surface area contributed by atoms with Gasteiger partial charge in [-0.25, -0.2) is 9.79 Å². The summed E-state index contributed by atoms with van der Waals surface area (Å²) in [5, 5.41) is 10.9. The second kappa shape index (κ2) is 9.45. The number of carbonyl (C=O) groups excluding carboxylic acids is 2. The van der Waals surface area contributed by atoms with Gasteiger partial charge in [-0.05, 0) is 30.5 Å². The molecule has 12 heteroatoms. The van der Waals surface area contributed by atoms with E-state index in [1.54, 1.807) is 23.4 Å². The molecule has 39 heavy (non-hydrogen) atoms. The van der Waals surface area contributed by atoms with Crippen molar-refractivity contribution in [2.75, 3.05) is 31.6 Å². The van der Waals surface area contributed by atoms with E-state index in [4.69, 9.17) is 20.5 Å². The predicted octanol–water partition coefficient (Wildman–Crippen LogP) is 1.41. The Morgan fingerprint density at radius 3 is 2.85 bits per heavy atom. The zero-order chi connectivity index (χ0) is 27.2. The number of morpholine rings is 1. The third-order valence-electron chi connectivity index (χ3n) is 8.01. The maximum absolute atomic E-state index is 12.7. The van der Waals surface area contributed by atoms with Crippen molar-refractivity contribution in [2.45, 2.75) is 31.8 Å². The van der Waals surface area contributed by atoms with Crippen LogP contribution in [0.3, 0.4) is 0 Å². The number of aliphatic imine (C=N–C) groups is 2. The molecule has 0 aromatic carbocycles. The minimum Gasteiger partial charge on any atom is -0.378 e. The van der Waals surface area contributed by atoms with Gasteiger partial charge in [-0.15, -0.1) is 0 Å². The Bertz CT molecular complexity index is 1400. The molecule has 202 valence electrons. The molecule has 12 nitrogen and oxygen atoms in total. The molecule has 1 aliphatic carbocycles. The molecule has 1 aromatic heterocycles. The number of urea groups is 1. The van der Waals surface area contributed by atoms with Crippen LogP contribution in [0.4, 0.5) is 10.5 Å². The summed E-state index contributed by atoms with van der Waals surface area (Å²) in [7, 11) is 0. The van der Waals surface area contributed by atoms with Crippen LogP contribution in [-0.2, 0) is 9.53 Å². The van der Waals surface area contributed by atoms with Crippen molar-refractivity contribution in [3.05, 3.63) is 54.0 Å². The summed E-state index contributed by atoms with van der Waals surface area (Å²) in [6, 6.07) is 1.32. The lowest BCUT2D eigenvalue weighted by Crippen LogP contribution is -2.55. The van der Waals surface area contributed by atoms with Crippen molar-refractivity contribution in [3.63, 3.8) is 0 Å². The molecular formula is C27H31N9O3. The first kappa shape index (κ1) is 25.0. The van der Waals surface area contributed by atoms with Gasteiger partial charge < -0.3 is 26.0 Å². The molecule has 4 unspecified atom stereocenters. The normalized spacial score (nSPS) is 31.0. The second-order valence-electron chi connectivity index (χ2n) is 10.8. The van der Waals surface area contributed by atoms with Gasteiger partial charge in [-0.3, -0.25) is 20.2 Å². The van der Waals surface area contributed by atoms with Gasteiger partial charge in [-0.2, -0.15) is 5.10 Å². The Kier molecular flexibility index (Phi) is 6.06. The number of ether oxygens (including phenoxy) is 1. The van der Waals surface area contributed by atoms with Crippen LogP contribution in [0.1, 0.15) is 25.8 Å². The summed E-state index contributed by atoms with van der Waals surface area (Å²) in [5.74, 6) is 0.746. The molecule has 5 N–H and O–H groups in total. The number of pyridine rings is 1. The third-order valence-corrected chi connectivity index (χ3v) is 8.01. The lowest BCUT2D eigenvalue weighted by atomic mass is 9.69. The molecule has 4 atom stereocenters. The predicted molar refractivity (Wildman–Crippen MR) is 148 cm³/mol. The summed E-state index contributed by atoms with van der Waals surface area (Å²) in [4.78, 5) is 40.6. The average Bonchev–Trinajstić information content (AvgIpc) is 3.29. The number of hydrogen-bond donors (Lipinski definition) is 4. The van der Waals surface area contributed by atoms with Crippen LogP contribution in [0.25, 0.3) is 5.57 Å². The van der Waals surface area contributed by atoms with Crippen LogP contribution < -0.4 is 21.8 Å². The van der Waals surface area contributed by atoms with E-state index in [9.17, 15) is 9.59 Å². The summed E-state index contributed by atoms with van der Waals surface area (Å²) in [6.07, 6.45) is 13.3. The van der Waals surface area contributed by atoms with Gasteiger partial charge in [0.1, 0.15) is 17.7 Å². The summed E-state index contributed by atoms with van der Waals surface area (Å²) >= 11 is 0. The molecule has 3 amide bonds. The maximum Gasteiger partial charge on any atom is 0.322 e. The molecule has 5 aliphatic rings. The molecule has 6 rings (SSSR count). The molecule has 0 spiro atoms. The van der Waals surface area contributed by atoms with E-state index >= 15 is 0 Å². The fourth-order valence-electron chi connectivity index (χ4n) is 5.76. The molecular weight excluding hydrogens is 498 g/mol. The first-order chi connectivity index (χ1) is 18.8. The van der Waals surface area contributed by atoms with Crippen LogP contribution in [0.2, 0.25) is 0 Å². The number of carbonyl (C=O) groups is 2. The Hall–Kier alpha value is -4.32. The van der Waals surface area contributed by atoms with Crippen molar-refractivity contribution in [2.24, 2.45) is 32.2 Å². The standard InChI is InChI=1S/C27H31N9O3/c1-26-11-17(16-10-18(14-29-12-16)32-25(38)36-6-8-39-9-7-36)13-30-24(26)35-31-15-20(26)23-33-21-19(22(28)37)4-3-5-27(21,2)34-23/h3-5,10,12-15,20-21H,6-9,11H2,1-2H3,(H2,28,37)(H,30,35)(H,32,38)(H,33,34). The van der Waals surface area contributed by atoms with E-state index < -0.39 is 22.9 Å². The van der Waals surface area contributed by atoms with Crippen molar-refractivity contribution in [1.82, 2.24) is 20.6 Å². The third kappa shape index (κ3) is 4.40. The molecule has 0 bridgehead atoms. The number of fused-ring (bicyclic) bond motifs is 2. The number of aromatic nitrogens is 1. The molecule has 0 radical (unpaired) electrons. The van der Waals surface area contributed by atoms with Crippen LogP contribution >= 0.6 is 0 Å². The van der Waals surface area contributed by atoms with Crippen LogP contribution in [0, 0.1) is 11.3 Å². The van der Waals surface area contributed by atoms with Gasteiger partial charge >= 0.3 is 6.03 Å². The molecule has 4 aliphatic heterocycles. The molecule has 1 aromatic rings. The van der Waals surface area contributed by atoms with E-state index in [0.717, 1.165) is 22.8 Å². The van der Waals surface area contributed by atoms with Gasteiger partial charge in [0.05, 0.1) is 36.6 Å². The van der Waals surface area contributed by atoms with Crippen LogP contribution in [-0.4, -0.2) is 77.6 Å². The largest absolute Gasteiger partial charge is 0.378 e. The zero-order valence-corrected chi connectivity index (χ0v) is 21.8. The number of nitrogens with one attached hydrogen (secondary N) is 3. The lowest BCUT2D eigenvalue weighted by Gasteiger charge is -2.41. The molecule has 0 saturated carbocycles. The number of hydrogen-bond acceptors (Lipinski definition) is 9. The minimum atomic E-state index is -0.564. The smallest absolute Gasteiger partial charge is 0.322 e. The van der Waals surface area contributed by atoms with Gasteiger partial charge in [0.25, 0.3) is 0 Å². The highest BCUT2D eigenvalue weighted by molar-refractivity contribution is 6.09. The van der Waals surface area contributed by atoms with Crippen molar-refractivity contribution in [1.29, 1.82) is 0 Å². The van der Waals surface area contributed by atoms with E-state index in [2.05, 4.69) is 33.1 Å². The first-order valence-electron chi connectivity index (χ1n) is 13.0. The minimum absolute atomic E-state index is 0.173. The molecule has 1 saturated heterocycles.